The zero-order chi connectivity index (χ0) is 10.1. The van der Waals surface area contributed by atoms with Crippen molar-refractivity contribution in [3.8, 4) is 5.75 Å². The van der Waals surface area contributed by atoms with Crippen LogP contribution in [0.15, 0.2) is 42.5 Å². The average Bonchev–Trinajstić information content (AvgIpc) is 2.27. The summed E-state index contributed by atoms with van der Waals surface area (Å²) >= 11 is 0. The SMILES string of the molecule is C1=C[C@@H]2C(Oc3ccccc3)C[C@@H]2CC1. The molecule has 0 bridgehead atoms. The fourth-order valence-electron chi connectivity index (χ4n) is 2.68. The molecule has 2 aliphatic carbocycles. The van der Waals surface area contributed by atoms with Crippen LogP contribution in [-0.4, -0.2) is 6.10 Å². The molecule has 0 radical (unpaired) electrons. The fourth-order valence-corrected chi connectivity index (χ4v) is 2.68. The van der Waals surface area contributed by atoms with E-state index in [2.05, 4.69) is 12.2 Å². The zero-order valence-corrected chi connectivity index (χ0v) is 8.80. The molecule has 3 rings (SSSR count). The average molecular weight is 200 g/mol. The minimum absolute atomic E-state index is 0.425. The first-order valence-electron chi connectivity index (χ1n) is 5.82. The number of rotatable bonds is 2. The zero-order valence-electron chi connectivity index (χ0n) is 8.80. The van der Waals surface area contributed by atoms with Crippen molar-refractivity contribution in [2.45, 2.75) is 25.4 Å². The molecule has 0 saturated heterocycles. The lowest BCUT2D eigenvalue weighted by Crippen LogP contribution is -2.45. The number of allylic oxidation sites excluding steroid dienone is 1. The van der Waals surface area contributed by atoms with E-state index in [1.807, 2.05) is 30.3 Å². The summed E-state index contributed by atoms with van der Waals surface area (Å²) in [6, 6.07) is 10.2. The molecule has 0 spiro atoms. The van der Waals surface area contributed by atoms with E-state index in [1.54, 1.807) is 0 Å². The molecule has 0 aliphatic heterocycles. The van der Waals surface area contributed by atoms with Crippen LogP contribution in [0.3, 0.4) is 0 Å². The van der Waals surface area contributed by atoms with Crippen molar-refractivity contribution in [1.82, 2.24) is 0 Å². The van der Waals surface area contributed by atoms with Gasteiger partial charge in [0.15, 0.2) is 0 Å². The Morgan fingerprint density at radius 2 is 2.00 bits per heavy atom. The van der Waals surface area contributed by atoms with Crippen LogP contribution in [0.25, 0.3) is 0 Å². The van der Waals surface area contributed by atoms with Crippen LogP contribution in [-0.2, 0) is 0 Å². The molecule has 1 aromatic carbocycles. The van der Waals surface area contributed by atoms with Crippen molar-refractivity contribution < 1.29 is 4.74 Å². The number of para-hydroxylation sites is 1. The number of ether oxygens (including phenoxy) is 1. The first-order valence-corrected chi connectivity index (χ1v) is 5.82. The summed E-state index contributed by atoms with van der Waals surface area (Å²) in [7, 11) is 0. The van der Waals surface area contributed by atoms with Gasteiger partial charge in [0.2, 0.25) is 0 Å². The van der Waals surface area contributed by atoms with Crippen molar-refractivity contribution in [2.24, 2.45) is 11.8 Å². The molecule has 1 aromatic rings. The van der Waals surface area contributed by atoms with E-state index in [-0.39, 0.29) is 0 Å². The number of benzene rings is 1. The van der Waals surface area contributed by atoms with Gasteiger partial charge in [-0.25, -0.2) is 0 Å². The van der Waals surface area contributed by atoms with E-state index < -0.39 is 0 Å². The maximum absolute atomic E-state index is 5.97. The van der Waals surface area contributed by atoms with Gasteiger partial charge in [0.05, 0.1) is 0 Å². The Balaban J connectivity index is 1.66. The topological polar surface area (TPSA) is 9.23 Å². The molecule has 1 saturated carbocycles. The Kier molecular flexibility index (Phi) is 2.24. The van der Waals surface area contributed by atoms with Crippen LogP contribution in [0.4, 0.5) is 0 Å². The van der Waals surface area contributed by atoms with Crippen LogP contribution in [0.2, 0.25) is 0 Å². The molecule has 1 fully saturated rings. The minimum Gasteiger partial charge on any atom is -0.490 e. The maximum atomic E-state index is 5.97. The number of fused-ring (bicyclic) bond motifs is 1. The lowest BCUT2D eigenvalue weighted by molar-refractivity contribution is 0.00600. The van der Waals surface area contributed by atoms with E-state index in [1.165, 1.54) is 19.3 Å². The molecule has 15 heavy (non-hydrogen) atoms. The van der Waals surface area contributed by atoms with E-state index in [0.717, 1.165) is 11.7 Å². The Hall–Kier alpha value is -1.24. The van der Waals surface area contributed by atoms with Crippen molar-refractivity contribution in [2.75, 3.05) is 0 Å². The van der Waals surface area contributed by atoms with Crippen LogP contribution in [0.1, 0.15) is 19.3 Å². The van der Waals surface area contributed by atoms with Crippen LogP contribution >= 0.6 is 0 Å². The Morgan fingerprint density at radius 1 is 1.13 bits per heavy atom. The molecule has 0 heterocycles. The highest BCUT2D eigenvalue weighted by Gasteiger charge is 2.41. The van der Waals surface area contributed by atoms with Crippen molar-refractivity contribution in [1.29, 1.82) is 0 Å². The summed E-state index contributed by atoms with van der Waals surface area (Å²) in [5, 5.41) is 0. The highest BCUT2D eigenvalue weighted by Crippen LogP contribution is 2.43. The van der Waals surface area contributed by atoms with E-state index in [0.29, 0.717) is 12.0 Å². The molecular weight excluding hydrogens is 184 g/mol. The van der Waals surface area contributed by atoms with Crippen molar-refractivity contribution in [3.05, 3.63) is 42.5 Å². The monoisotopic (exact) mass is 200 g/mol. The third-order valence-electron chi connectivity index (χ3n) is 3.60. The smallest absolute Gasteiger partial charge is 0.119 e. The predicted molar refractivity (Wildman–Crippen MR) is 60.8 cm³/mol. The number of hydrogen-bond donors (Lipinski definition) is 0. The van der Waals surface area contributed by atoms with Gasteiger partial charge in [-0.05, 0) is 37.3 Å². The summed E-state index contributed by atoms with van der Waals surface area (Å²) in [6.45, 7) is 0. The molecule has 0 amide bonds. The summed E-state index contributed by atoms with van der Waals surface area (Å²) in [5.74, 6) is 2.59. The highest BCUT2D eigenvalue weighted by molar-refractivity contribution is 5.22. The largest absolute Gasteiger partial charge is 0.490 e. The maximum Gasteiger partial charge on any atom is 0.119 e. The second-order valence-corrected chi connectivity index (χ2v) is 4.55. The van der Waals surface area contributed by atoms with Gasteiger partial charge in [-0.3, -0.25) is 0 Å². The first-order chi connectivity index (χ1) is 7.43. The summed E-state index contributed by atoms with van der Waals surface area (Å²) in [6.07, 6.45) is 8.94. The highest BCUT2D eigenvalue weighted by atomic mass is 16.5. The van der Waals surface area contributed by atoms with E-state index in [4.69, 9.17) is 4.74 Å². The molecule has 0 N–H and O–H groups in total. The number of hydrogen-bond acceptors (Lipinski definition) is 1. The fraction of sp³-hybridized carbons (Fsp3) is 0.429. The summed E-state index contributed by atoms with van der Waals surface area (Å²) in [5.41, 5.74) is 0. The second kappa shape index (κ2) is 3.73. The normalized spacial score (nSPS) is 32.9. The second-order valence-electron chi connectivity index (χ2n) is 4.55. The third-order valence-corrected chi connectivity index (χ3v) is 3.60. The van der Waals surface area contributed by atoms with Gasteiger partial charge in [-0.1, -0.05) is 30.4 Å². The lowest BCUT2D eigenvalue weighted by atomic mass is 9.66. The van der Waals surface area contributed by atoms with Crippen LogP contribution in [0, 0.1) is 11.8 Å². The van der Waals surface area contributed by atoms with E-state index >= 15 is 0 Å². The first kappa shape index (κ1) is 9.02. The van der Waals surface area contributed by atoms with Gasteiger partial charge in [0.25, 0.3) is 0 Å². The molecule has 1 unspecified atom stereocenters. The summed E-state index contributed by atoms with van der Waals surface area (Å²) < 4.78 is 5.97. The Labute approximate surface area is 90.8 Å². The Bertz CT molecular complexity index is 355. The predicted octanol–water partition coefficient (Wildman–Crippen LogP) is 3.42. The van der Waals surface area contributed by atoms with Crippen molar-refractivity contribution >= 4 is 0 Å². The quantitative estimate of drug-likeness (QED) is 0.665. The lowest BCUT2D eigenvalue weighted by Gasteiger charge is -2.44. The van der Waals surface area contributed by atoms with Gasteiger partial charge in [0.1, 0.15) is 11.9 Å². The minimum atomic E-state index is 0.425. The molecule has 78 valence electrons. The summed E-state index contributed by atoms with van der Waals surface area (Å²) in [4.78, 5) is 0. The van der Waals surface area contributed by atoms with E-state index in [9.17, 15) is 0 Å². The van der Waals surface area contributed by atoms with Gasteiger partial charge < -0.3 is 4.74 Å². The van der Waals surface area contributed by atoms with Gasteiger partial charge in [-0.15, -0.1) is 0 Å². The van der Waals surface area contributed by atoms with Crippen LogP contribution < -0.4 is 4.74 Å². The molecular formula is C14H16O. The molecule has 0 aromatic heterocycles. The Morgan fingerprint density at radius 3 is 2.80 bits per heavy atom. The molecule has 2 aliphatic rings. The third kappa shape index (κ3) is 1.67. The van der Waals surface area contributed by atoms with Crippen LogP contribution in [0.5, 0.6) is 5.75 Å². The molecule has 1 heteroatoms. The van der Waals surface area contributed by atoms with Crippen molar-refractivity contribution in [3.63, 3.8) is 0 Å². The standard InChI is InChI=1S/C14H16O/c1-2-7-12(8-3-1)15-14-10-11-6-4-5-9-13(11)14/h1-3,5,7-9,11,13-14H,4,6,10H2/t11-,13-,14?/m0/s1. The molecule has 3 atom stereocenters. The van der Waals surface area contributed by atoms with Gasteiger partial charge in [-0.2, -0.15) is 0 Å². The van der Waals surface area contributed by atoms with Gasteiger partial charge >= 0.3 is 0 Å². The molecule has 1 nitrogen and oxygen atoms in total. The van der Waals surface area contributed by atoms with Gasteiger partial charge in [0, 0.05) is 5.92 Å².